The van der Waals surface area contributed by atoms with E-state index >= 15 is 0 Å². The summed E-state index contributed by atoms with van der Waals surface area (Å²) in [6, 6.07) is 7.36. The van der Waals surface area contributed by atoms with Crippen LogP contribution in [0.5, 0.6) is 5.75 Å². The highest BCUT2D eigenvalue weighted by Crippen LogP contribution is 2.31. The van der Waals surface area contributed by atoms with Gasteiger partial charge in [-0.25, -0.2) is 9.78 Å². The molecule has 2 aromatic rings. The van der Waals surface area contributed by atoms with Crippen LogP contribution in [-0.4, -0.2) is 48.1 Å². The van der Waals surface area contributed by atoms with Crippen LogP contribution >= 0.6 is 15.9 Å². The number of nitrogens with zero attached hydrogens (tertiary/aromatic N) is 2. The lowest BCUT2D eigenvalue weighted by molar-refractivity contribution is 0.0622. The highest BCUT2D eigenvalue weighted by atomic mass is 79.9. The summed E-state index contributed by atoms with van der Waals surface area (Å²) in [7, 11) is 0. The Hall–Kier alpha value is -2.15. The van der Waals surface area contributed by atoms with Gasteiger partial charge in [-0.15, -0.1) is 0 Å². The van der Waals surface area contributed by atoms with Crippen LogP contribution in [0.2, 0.25) is 0 Å². The minimum atomic E-state index is -0.257. The van der Waals surface area contributed by atoms with E-state index < -0.39 is 0 Å². The molecule has 1 aliphatic heterocycles. The van der Waals surface area contributed by atoms with E-state index in [9.17, 15) is 9.59 Å². The molecule has 0 aliphatic carbocycles. The minimum absolute atomic E-state index is 0.0154. The molecule has 3 rings (SSSR count). The van der Waals surface area contributed by atoms with Crippen LogP contribution in [0.4, 0.5) is 4.79 Å². The topological polar surface area (TPSA) is 68.7 Å². The number of amides is 1. The number of benzene rings is 1. The number of aldehydes is 1. The van der Waals surface area contributed by atoms with Crippen LogP contribution in [0.25, 0.3) is 10.9 Å². The number of aromatic nitrogens is 1. The summed E-state index contributed by atoms with van der Waals surface area (Å²) < 4.78 is 12.4. The predicted molar refractivity (Wildman–Crippen MR) is 106 cm³/mol. The lowest BCUT2D eigenvalue weighted by Crippen LogP contribution is -2.42. The Balaban J connectivity index is 1.67. The first kappa shape index (κ1) is 19.6. The van der Waals surface area contributed by atoms with E-state index in [2.05, 4.69) is 20.9 Å². The van der Waals surface area contributed by atoms with E-state index in [0.717, 1.165) is 29.0 Å². The molecule has 0 unspecified atom stereocenters. The van der Waals surface area contributed by atoms with Crippen LogP contribution in [-0.2, 0) is 4.74 Å². The minimum Gasteiger partial charge on any atom is -0.488 e. The standard InChI is InChI=1S/C20H23BrN2O4/c1-13(2)12-26-20(25)23-7-5-17(6-8-23)27-18-10-15(21)9-14-3-4-16(11-24)22-19(14)18/h3-4,9-11,13,17H,5-8,12H2,1-2H3. The molecule has 144 valence electrons. The van der Waals surface area contributed by atoms with Crippen molar-refractivity contribution in [3.8, 4) is 5.75 Å². The normalized spacial score (nSPS) is 15.2. The fourth-order valence-corrected chi connectivity index (χ4v) is 3.46. The van der Waals surface area contributed by atoms with E-state index in [1.54, 1.807) is 11.0 Å². The highest BCUT2D eigenvalue weighted by molar-refractivity contribution is 9.10. The molecule has 6 nitrogen and oxygen atoms in total. The number of ether oxygens (including phenoxy) is 2. The smallest absolute Gasteiger partial charge is 0.409 e. The van der Waals surface area contributed by atoms with Crippen LogP contribution in [0.1, 0.15) is 37.2 Å². The van der Waals surface area contributed by atoms with Gasteiger partial charge in [-0.05, 0) is 24.1 Å². The second-order valence-corrected chi connectivity index (χ2v) is 8.02. The predicted octanol–water partition coefficient (Wildman–Crippen LogP) is 4.45. The molecule has 0 radical (unpaired) electrons. The van der Waals surface area contributed by atoms with Crippen LogP contribution < -0.4 is 4.74 Å². The SMILES string of the molecule is CC(C)COC(=O)N1CCC(Oc2cc(Br)cc3ccc(C=O)nc23)CC1. The second kappa shape index (κ2) is 8.69. The van der Waals surface area contributed by atoms with E-state index in [0.29, 0.717) is 42.6 Å². The van der Waals surface area contributed by atoms with Gasteiger partial charge in [-0.3, -0.25) is 4.79 Å². The summed E-state index contributed by atoms with van der Waals surface area (Å²) in [6.45, 7) is 5.66. The number of rotatable bonds is 5. The number of hydrogen-bond acceptors (Lipinski definition) is 5. The summed E-state index contributed by atoms with van der Waals surface area (Å²) in [5.41, 5.74) is 1.04. The van der Waals surface area contributed by atoms with E-state index in [1.807, 2.05) is 32.0 Å². The monoisotopic (exact) mass is 434 g/mol. The number of carbonyl (C=O) groups is 2. The Kier molecular flexibility index (Phi) is 6.31. The van der Waals surface area contributed by atoms with E-state index in [1.165, 1.54) is 0 Å². The summed E-state index contributed by atoms with van der Waals surface area (Å²) in [5.74, 6) is 0.965. The molecule has 0 bridgehead atoms. The average molecular weight is 435 g/mol. The molecule has 1 aromatic heterocycles. The highest BCUT2D eigenvalue weighted by Gasteiger charge is 2.25. The molecular weight excluding hydrogens is 412 g/mol. The van der Waals surface area contributed by atoms with Gasteiger partial charge in [0, 0.05) is 35.8 Å². The van der Waals surface area contributed by atoms with Crippen LogP contribution in [0.15, 0.2) is 28.7 Å². The van der Waals surface area contributed by atoms with Crippen LogP contribution in [0.3, 0.4) is 0 Å². The molecule has 1 fully saturated rings. The van der Waals surface area contributed by atoms with Gasteiger partial charge in [0.2, 0.25) is 0 Å². The summed E-state index contributed by atoms with van der Waals surface area (Å²) in [4.78, 5) is 29.2. The third-order valence-electron chi connectivity index (χ3n) is 4.40. The van der Waals surface area contributed by atoms with Crippen LogP contribution in [0, 0.1) is 5.92 Å². The molecule has 1 aliphatic rings. The summed E-state index contributed by atoms with van der Waals surface area (Å²) in [5, 5.41) is 0.902. The third kappa shape index (κ3) is 4.97. The van der Waals surface area contributed by atoms with Crippen molar-refractivity contribution in [2.45, 2.75) is 32.8 Å². The van der Waals surface area contributed by atoms with Gasteiger partial charge in [0.25, 0.3) is 0 Å². The molecule has 0 spiro atoms. The van der Waals surface area contributed by atoms with Crippen molar-refractivity contribution in [3.63, 3.8) is 0 Å². The molecule has 1 aromatic carbocycles. The first-order valence-electron chi connectivity index (χ1n) is 9.10. The quantitative estimate of drug-likeness (QED) is 0.650. The zero-order valence-corrected chi connectivity index (χ0v) is 17.1. The van der Waals surface area contributed by atoms with Gasteiger partial charge >= 0.3 is 6.09 Å². The average Bonchev–Trinajstić information content (AvgIpc) is 2.66. The Labute approximate surface area is 167 Å². The van der Waals surface area contributed by atoms with Gasteiger partial charge in [-0.2, -0.15) is 0 Å². The summed E-state index contributed by atoms with van der Waals surface area (Å²) in [6.07, 6.45) is 1.90. The molecule has 27 heavy (non-hydrogen) atoms. The van der Waals surface area contributed by atoms with Crippen molar-refractivity contribution in [1.29, 1.82) is 0 Å². The molecule has 0 atom stereocenters. The van der Waals surface area contributed by atoms with Crippen molar-refractivity contribution >= 4 is 39.2 Å². The van der Waals surface area contributed by atoms with Crippen molar-refractivity contribution in [2.24, 2.45) is 5.92 Å². The largest absolute Gasteiger partial charge is 0.488 e. The zero-order chi connectivity index (χ0) is 19.4. The maximum Gasteiger partial charge on any atom is 0.409 e. The second-order valence-electron chi connectivity index (χ2n) is 7.10. The van der Waals surface area contributed by atoms with Crippen molar-refractivity contribution in [3.05, 3.63) is 34.4 Å². The van der Waals surface area contributed by atoms with Gasteiger partial charge in [-0.1, -0.05) is 35.8 Å². The number of carbonyl (C=O) groups excluding carboxylic acids is 2. The molecule has 1 amide bonds. The molecule has 2 heterocycles. The van der Waals surface area contributed by atoms with E-state index in [4.69, 9.17) is 9.47 Å². The number of likely N-dealkylation sites (tertiary alicyclic amines) is 1. The molecule has 0 N–H and O–H groups in total. The zero-order valence-electron chi connectivity index (χ0n) is 15.5. The summed E-state index contributed by atoms with van der Waals surface area (Å²) >= 11 is 3.49. The molecule has 7 heteroatoms. The fraction of sp³-hybridized carbons (Fsp3) is 0.450. The maximum atomic E-state index is 12.1. The first-order valence-corrected chi connectivity index (χ1v) is 9.89. The first-order chi connectivity index (χ1) is 13.0. The number of halogens is 1. The van der Waals surface area contributed by atoms with Gasteiger partial charge < -0.3 is 14.4 Å². The Bertz CT molecular complexity index is 832. The Morgan fingerprint density at radius 3 is 2.74 bits per heavy atom. The third-order valence-corrected chi connectivity index (χ3v) is 4.86. The van der Waals surface area contributed by atoms with Gasteiger partial charge in [0.1, 0.15) is 23.1 Å². The fourth-order valence-electron chi connectivity index (χ4n) is 3.00. The van der Waals surface area contributed by atoms with Crippen molar-refractivity contribution in [2.75, 3.05) is 19.7 Å². The van der Waals surface area contributed by atoms with Crippen molar-refractivity contribution in [1.82, 2.24) is 9.88 Å². The molecular formula is C20H23BrN2O4. The number of piperidine rings is 1. The number of fused-ring (bicyclic) bond motifs is 1. The maximum absolute atomic E-state index is 12.1. The van der Waals surface area contributed by atoms with Gasteiger partial charge in [0.05, 0.1) is 6.61 Å². The van der Waals surface area contributed by atoms with Gasteiger partial charge in [0.15, 0.2) is 6.29 Å². The Morgan fingerprint density at radius 2 is 2.07 bits per heavy atom. The molecule has 1 saturated heterocycles. The Morgan fingerprint density at radius 1 is 1.33 bits per heavy atom. The molecule has 0 saturated carbocycles. The lowest BCUT2D eigenvalue weighted by atomic mass is 10.1. The van der Waals surface area contributed by atoms with Crippen molar-refractivity contribution < 1.29 is 19.1 Å². The van der Waals surface area contributed by atoms with E-state index in [-0.39, 0.29) is 12.2 Å². The number of hydrogen-bond donors (Lipinski definition) is 0. The number of pyridine rings is 1. The lowest BCUT2D eigenvalue weighted by Gasteiger charge is -2.31.